The third kappa shape index (κ3) is 4.75. The quantitative estimate of drug-likeness (QED) is 0.805. The standard InChI is InChI=1S/C21H27NO2.ClH/c23-20-13-6-5-12-19(20)21(24,18-10-3-1-4-11-18)14-9-17-22-15-7-2-8-16-22;/h1,3-6,10-13,23-24H,2,7-9,14-17H2;1H. The Morgan fingerprint density at radius 3 is 2.20 bits per heavy atom. The number of rotatable bonds is 6. The van der Waals surface area contributed by atoms with E-state index in [1.54, 1.807) is 12.1 Å². The van der Waals surface area contributed by atoms with Gasteiger partial charge < -0.3 is 15.1 Å². The number of benzene rings is 2. The van der Waals surface area contributed by atoms with Crippen molar-refractivity contribution in [2.24, 2.45) is 0 Å². The summed E-state index contributed by atoms with van der Waals surface area (Å²) in [5.41, 5.74) is 0.280. The van der Waals surface area contributed by atoms with Crippen LogP contribution < -0.4 is 0 Å². The summed E-state index contributed by atoms with van der Waals surface area (Å²) in [6.07, 6.45) is 5.40. The highest BCUT2D eigenvalue weighted by Crippen LogP contribution is 2.38. The van der Waals surface area contributed by atoms with Crippen LogP contribution >= 0.6 is 12.4 Å². The fourth-order valence-electron chi connectivity index (χ4n) is 3.71. The van der Waals surface area contributed by atoms with Crippen LogP contribution in [0.25, 0.3) is 0 Å². The van der Waals surface area contributed by atoms with Crippen molar-refractivity contribution >= 4 is 12.4 Å². The maximum Gasteiger partial charge on any atom is 0.122 e. The highest BCUT2D eigenvalue weighted by atomic mass is 35.5. The monoisotopic (exact) mass is 361 g/mol. The van der Waals surface area contributed by atoms with Crippen molar-refractivity contribution in [3.05, 3.63) is 65.7 Å². The summed E-state index contributed by atoms with van der Waals surface area (Å²) in [7, 11) is 0. The van der Waals surface area contributed by atoms with Crippen molar-refractivity contribution < 1.29 is 10.2 Å². The van der Waals surface area contributed by atoms with Crippen LogP contribution in [0.15, 0.2) is 54.6 Å². The van der Waals surface area contributed by atoms with E-state index in [1.165, 1.54) is 32.4 Å². The molecule has 1 aliphatic heterocycles. The number of aromatic hydroxyl groups is 1. The molecule has 0 bridgehead atoms. The lowest BCUT2D eigenvalue weighted by Gasteiger charge is -2.32. The first kappa shape index (κ1) is 19.8. The van der Waals surface area contributed by atoms with Crippen LogP contribution in [-0.4, -0.2) is 34.7 Å². The maximum absolute atomic E-state index is 11.5. The van der Waals surface area contributed by atoms with E-state index >= 15 is 0 Å². The van der Waals surface area contributed by atoms with Gasteiger partial charge in [0, 0.05) is 5.56 Å². The van der Waals surface area contributed by atoms with E-state index in [9.17, 15) is 10.2 Å². The Morgan fingerprint density at radius 2 is 1.52 bits per heavy atom. The Labute approximate surface area is 156 Å². The number of para-hydroxylation sites is 1. The molecule has 0 saturated carbocycles. The molecule has 0 amide bonds. The largest absolute Gasteiger partial charge is 0.508 e. The molecule has 2 aromatic carbocycles. The van der Waals surface area contributed by atoms with Gasteiger partial charge in [0.05, 0.1) is 0 Å². The molecule has 3 rings (SSSR count). The average molecular weight is 362 g/mol. The van der Waals surface area contributed by atoms with E-state index in [-0.39, 0.29) is 18.2 Å². The van der Waals surface area contributed by atoms with Crippen LogP contribution in [0.5, 0.6) is 5.75 Å². The number of phenols is 1. The second-order valence-corrected chi connectivity index (χ2v) is 6.75. The molecular formula is C21H28ClNO2. The molecule has 1 unspecified atom stereocenters. The summed E-state index contributed by atoms with van der Waals surface area (Å²) in [5.74, 6) is 0.154. The van der Waals surface area contributed by atoms with Crippen molar-refractivity contribution in [2.45, 2.75) is 37.7 Å². The molecule has 0 radical (unpaired) electrons. The Morgan fingerprint density at radius 1 is 0.880 bits per heavy atom. The van der Waals surface area contributed by atoms with Crippen LogP contribution in [0, 0.1) is 0 Å². The molecule has 4 heteroatoms. The minimum absolute atomic E-state index is 0. The summed E-state index contributed by atoms with van der Waals surface area (Å²) in [4.78, 5) is 2.49. The van der Waals surface area contributed by atoms with Gasteiger partial charge in [-0.2, -0.15) is 0 Å². The molecule has 3 nitrogen and oxygen atoms in total. The Balaban J connectivity index is 0.00000225. The molecule has 0 spiro atoms. The molecule has 1 fully saturated rings. The van der Waals surface area contributed by atoms with Gasteiger partial charge in [-0.05, 0) is 56.9 Å². The van der Waals surface area contributed by atoms with Crippen molar-refractivity contribution in [3.8, 4) is 5.75 Å². The van der Waals surface area contributed by atoms with E-state index in [0.29, 0.717) is 12.0 Å². The number of aliphatic hydroxyl groups is 1. The van der Waals surface area contributed by atoms with Crippen LogP contribution in [-0.2, 0) is 5.60 Å². The first-order chi connectivity index (χ1) is 11.7. The van der Waals surface area contributed by atoms with Crippen molar-refractivity contribution in [3.63, 3.8) is 0 Å². The molecule has 136 valence electrons. The molecule has 2 N–H and O–H groups in total. The van der Waals surface area contributed by atoms with E-state index in [0.717, 1.165) is 18.5 Å². The smallest absolute Gasteiger partial charge is 0.122 e. The van der Waals surface area contributed by atoms with Gasteiger partial charge in [0.1, 0.15) is 11.4 Å². The Hall–Kier alpha value is -1.55. The molecular weight excluding hydrogens is 334 g/mol. The molecule has 1 heterocycles. The van der Waals surface area contributed by atoms with Gasteiger partial charge in [-0.1, -0.05) is 55.0 Å². The van der Waals surface area contributed by atoms with Crippen molar-refractivity contribution in [1.82, 2.24) is 4.90 Å². The number of hydrogen-bond donors (Lipinski definition) is 2. The zero-order chi connectivity index (χ0) is 16.8. The number of nitrogens with zero attached hydrogens (tertiary/aromatic N) is 1. The van der Waals surface area contributed by atoms with E-state index in [1.807, 2.05) is 42.5 Å². The summed E-state index contributed by atoms with van der Waals surface area (Å²) >= 11 is 0. The first-order valence-corrected chi connectivity index (χ1v) is 8.99. The Kier molecular flexibility index (Phi) is 7.30. The predicted octanol–water partition coefficient (Wildman–Crippen LogP) is 4.32. The highest BCUT2D eigenvalue weighted by Gasteiger charge is 2.33. The lowest BCUT2D eigenvalue weighted by atomic mass is 9.82. The SMILES string of the molecule is Cl.Oc1ccccc1C(O)(CCCN1CCCCC1)c1ccccc1. The first-order valence-electron chi connectivity index (χ1n) is 8.99. The molecule has 1 aliphatic rings. The third-order valence-corrected chi connectivity index (χ3v) is 5.06. The van der Waals surface area contributed by atoms with Crippen molar-refractivity contribution in [1.29, 1.82) is 0 Å². The minimum atomic E-state index is -1.15. The molecule has 2 aromatic rings. The molecule has 25 heavy (non-hydrogen) atoms. The Bertz CT molecular complexity index is 643. The van der Waals surface area contributed by atoms with Gasteiger partial charge in [0.15, 0.2) is 0 Å². The second-order valence-electron chi connectivity index (χ2n) is 6.75. The third-order valence-electron chi connectivity index (χ3n) is 5.06. The van der Waals surface area contributed by atoms with Crippen LogP contribution in [0.1, 0.15) is 43.2 Å². The van der Waals surface area contributed by atoms with Crippen LogP contribution in [0.2, 0.25) is 0 Å². The number of likely N-dealkylation sites (tertiary alicyclic amines) is 1. The summed E-state index contributed by atoms with van der Waals surface area (Å²) in [6.45, 7) is 3.34. The topological polar surface area (TPSA) is 43.7 Å². The van der Waals surface area contributed by atoms with Gasteiger partial charge in [-0.15, -0.1) is 12.4 Å². The zero-order valence-corrected chi connectivity index (χ0v) is 15.4. The highest BCUT2D eigenvalue weighted by molar-refractivity contribution is 5.85. The van der Waals surface area contributed by atoms with Gasteiger partial charge in [0.2, 0.25) is 0 Å². The number of phenolic OH excluding ortho intramolecular Hbond substituents is 1. The average Bonchev–Trinajstić information content (AvgIpc) is 2.63. The van der Waals surface area contributed by atoms with E-state index in [2.05, 4.69) is 4.90 Å². The van der Waals surface area contributed by atoms with Gasteiger partial charge in [0.25, 0.3) is 0 Å². The minimum Gasteiger partial charge on any atom is -0.508 e. The number of piperidine rings is 1. The lowest BCUT2D eigenvalue weighted by Crippen LogP contribution is -2.33. The maximum atomic E-state index is 11.5. The second kappa shape index (κ2) is 9.23. The van der Waals surface area contributed by atoms with E-state index in [4.69, 9.17) is 0 Å². The van der Waals surface area contributed by atoms with E-state index < -0.39 is 5.60 Å². The molecule has 0 aliphatic carbocycles. The molecule has 0 aromatic heterocycles. The predicted molar refractivity (Wildman–Crippen MR) is 104 cm³/mol. The number of hydrogen-bond acceptors (Lipinski definition) is 3. The van der Waals surface area contributed by atoms with Crippen LogP contribution in [0.4, 0.5) is 0 Å². The molecule has 1 atom stereocenters. The normalized spacial score (nSPS) is 17.5. The fourth-order valence-corrected chi connectivity index (χ4v) is 3.71. The zero-order valence-electron chi connectivity index (χ0n) is 14.6. The fraction of sp³-hybridized carbons (Fsp3) is 0.429. The van der Waals surface area contributed by atoms with Gasteiger partial charge >= 0.3 is 0 Å². The number of halogens is 1. The van der Waals surface area contributed by atoms with Crippen LogP contribution in [0.3, 0.4) is 0 Å². The summed E-state index contributed by atoms with van der Waals surface area (Å²) in [6, 6.07) is 16.8. The van der Waals surface area contributed by atoms with Gasteiger partial charge in [-0.3, -0.25) is 0 Å². The summed E-state index contributed by atoms with van der Waals surface area (Å²) < 4.78 is 0. The molecule has 1 saturated heterocycles. The lowest BCUT2D eigenvalue weighted by molar-refractivity contribution is 0.0614. The van der Waals surface area contributed by atoms with Gasteiger partial charge in [-0.25, -0.2) is 0 Å². The van der Waals surface area contributed by atoms with Crippen molar-refractivity contribution in [2.75, 3.05) is 19.6 Å². The summed E-state index contributed by atoms with van der Waals surface area (Å²) in [5, 5.41) is 21.8.